The second-order valence-electron chi connectivity index (χ2n) is 5.68. The standard InChI is InChI=1S/C19H14FN3O3S/c1-25-16-5-3-2-4-15(16)18-21-14(11-27-18)10-23-19(24)26-17(22-23)12-6-8-13(20)9-7-12/h2-9,11H,10H2,1H3. The van der Waals surface area contributed by atoms with Gasteiger partial charge >= 0.3 is 5.76 Å². The summed E-state index contributed by atoms with van der Waals surface area (Å²) >= 11 is 1.46. The van der Waals surface area contributed by atoms with E-state index in [1.165, 1.54) is 40.3 Å². The Hall–Kier alpha value is -3.26. The number of rotatable bonds is 5. The molecule has 8 heteroatoms. The fraction of sp³-hybridized carbons (Fsp3) is 0.105. The molecule has 0 radical (unpaired) electrons. The summed E-state index contributed by atoms with van der Waals surface area (Å²) in [7, 11) is 1.61. The van der Waals surface area contributed by atoms with E-state index in [9.17, 15) is 9.18 Å². The van der Waals surface area contributed by atoms with Crippen molar-refractivity contribution >= 4 is 11.3 Å². The molecular weight excluding hydrogens is 369 g/mol. The van der Waals surface area contributed by atoms with Gasteiger partial charge in [0.2, 0.25) is 5.89 Å². The molecule has 0 saturated carbocycles. The Morgan fingerprint density at radius 3 is 2.74 bits per heavy atom. The van der Waals surface area contributed by atoms with Crippen molar-refractivity contribution in [2.45, 2.75) is 6.54 Å². The number of nitrogens with zero attached hydrogens (tertiary/aromatic N) is 3. The number of ether oxygens (including phenoxy) is 1. The molecule has 4 aromatic rings. The quantitative estimate of drug-likeness (QED) is 0.524. The first kappa shape index (κ1) is 17.2. The summed E-state index contributed by atoms with van der Waals surface area (Å²) in [6.45, 7) is 0.176. The molecule has 2 aromatic carbocycles. The van der Waals surface area contributed by atoms with Crippen LogP contribution in [0.3, 0.4) is 0 Å². The summed E-state index contributed by atoms with van der Waals surface area (Å²) in [4.78, 5) is 16.6. The van der Waals surface area contributed by atoms with Crippen molar-refractivity contribution in [1.82, 2.24) is 14.8 Å². The van der Waals surface area contributed by atoms with E-state index in [1.807, 2.05) is 29.6 Å². The van der Waals surface area contributed by atoms with Crippen LogP contribution in [0, 0.1) is 5.82 Å². The molecule has 136 valence electrons. The number of aromatic nitrogens is 3. The molecule has 2 heterocycles. The van der Waals surface area contributed by atoms with Crippen LogP contribution in [0.1, 0.15) is 5.69 Å². The summed E-state index contributed by atoms with van der Waals surface area (Å²) in [5.74, 6) is -0.0937. The zero-order valence-corrected chi connectivity index (χ0v) is 15.1. The predicted octanol–water partition coefficient (Wildman–Crippen LogP) is 3.82. The lowest BCUT2D eigenvalue weighted by atomic mass is 10.2. The van der Waals surface area contributed by atoms with Crippen molar-refractivity contribution in [3.8, 4) is 27.8 Å². The average molecular weight is 383 g/mol. The van der Waals surface area contributed by atoms with Crippen molar-refractivity contribution in [1.29, 1.82) is 0 Å². The van der Waals surface area contributed by atoms with Gasteiger partial charge in [-0.15, -0.1) is 16.4 Å². The van der Waals surface area contributed by atoms with Crippen LogP contribution < -0.4 is 10.5 Å². The second kappa shape index (κ2) is 7.16. The average Bonchev–Trinajstić information content (AvgIpc) is 3.30. The Balaban J connectivity index is 1.59. The zero-order valence-electron chi connectivity index (χ0n) is 14.3. The maximum atomic E-state index is 13.0. The van der Waals surface area contributed by atoms with Gasteiger partial charge in [0.05, 0.1) is 24.9 Å². The monoisotopic (exact) mass is 383 g/mol. The van der Waals surface area contributed by atoms with Gasteiger partial charge in [-0.25, -0.2) is 14.2 Å². The molecule has 27 heavy (non-hydrogen) atoms. The van der Waals surface area contributed by atoms with Gasteiger partial charge < -0.3 is 9.15 Å². The third kappa shape index (κ3) is 3.52. The minimum Gasteiger partial charge on any atom is -0.496 e. The number of hydrogen-bond acceptors (Lipinski definition) is 6. The van der Waals surface area contributed by atoms with Gasteiger partial charge in [0, 0.05) is 10.9 Å². The Morgan fingerprint density at radius 1 is 1.19 bits per heavy atom. The van der Waals surface area contributed by atoms with Crippen LogP contribution in [0.2, 0.25) is 0 Å². The van der Waals surface area contributed by atoms with Crippen molar-refractivity contribution < 1.29 is 13.5 Å². The van der Waals surface area contributed by atoms with Crippen LogP contribution in [0.4, 0.5) is 4.39 Å². The number of benzene rings is 2. The first-order valence-corrected chi connectivity index (χ1v) is 8.93. The minimum atomic E-state index is -0.596. The highest BCUT2D eigenvalue weighted by molar-refractivity contribution is 7.13. The highest BCUT2D eigenvalue weighted by atomic mass is 32.1. The Morgan fingerprint density at radius 2 is 1.96 bits per heavy atom. The number of halogens is 1. The van der Waals surface area contributed by atoms with Gasteiger partial charge in [0.25, 0.3) is 0 Å². The molecule has 0 unspecified atom stereocenters. The highest BCUT2D eigenvalue weighted by Gasteiger charge is 2.14. The first-order chi connectivity index (χ1) is 13.1. The van der Waals surface area contributed by atoms with Crippen LogP contribution in [0.5, 0.6) is 5.75 Å². The molecule has 0 N–H and O–H groups in total. The second-order valence-corrected chi connectivity index (χ2v) is 6.54. The molecule has 4 rings (SSSR count). The van der Waals surface area contributed by atoms with E-state index in [1.54, 1.807) is 7.11 Å². The summed E-state index contributed by atoms with van der Waals surface area (Å²) in [6.07, 6.45) is 0. The van der Waals surface area contributed by atoms with E-state index in [0.29, 0.717) is 11.3 Å². The molecule has 0 bridgehead atoms. The largest absolute Gasteiger partial charge is 0.496 e. The molecule has 0 atom stereocenters. The summed E-state index contributed by atoms with van der Waals surface area (Å²) in [5, 5.41) is 6.83. The zero-order chi connectivity index (χ0) is 18.8. The van der Waals surface area contributed by atoms with Gasteiger partial charge in [-0.05, 0) is 36.4 Å². The summed E-state index contributed by atoms with van der Waals surface area (Å²) < 4.78 is 24.8. The molecule has 6 nitrogen and oxygen atoms in total. The minimum absolute atomic E-state index is 0.139. The van der Waals surface area contributed by atoms with Crippen LogP contribution in [0.15, 0.2) is 63.1 Å². The molecule has 0 saturated heterocycles. The van der Waals surface area contributed by atoms with E-state index < -0.39 is 5.76 Å². The maximum Gasteiger partial charge on any atom is 0.437 e. The predicted molar refractivity (Wildman–Crippen MR) is 99.4 cm³/mol. The molecular formula is C19H14FN3O3S. The van der Waals surface area contributed by atoms with Crippen molar-refractivity contribution in [3.63, 3.8) is 0 Å². The third-order valence-corrected chi connectivity index (χ3v) is 4.82. The van der Waals surface area contributed by atoms with Gasteiger partial charge in [0.15, 0.2) is 0 Å². The van der Waals surface area contributed by atoms with E-state index >= 15 is 0 Å². The summed E-state index contributed by atoms with van der Waals surface area (Å²) in [5.41, 5.74) is 2.10. The van der Waals surface area contributed by atoms with E-state index in [2.05, 4.69) is 10.1 Å². The topological polar surface area (TPSA) is 70.2 Å². The van der Waals surface area contributed by atoms with Crippen molar-refractivity contribution in [2.75, 3.05) is 7.11 Å². The lowest BCUT2D eigenvalue weighted by Crippen LogP contribution is -2.16. The molecule has 2 aromatic heterocycles. The van der Waals surface area contributed by atoms with Gasteiger partial charge in [-0.2, -0.15) is 4.68 Å². The van der Waals surface area contributed by atoms with E-state index in [4.69, 9.17) is 9.15 Å². The molecule has 0 aliphatic heterocycles. The lowest BCUT2D eigenvalue weighted by Gasteiger charge is -2.04. The Kier molecular flexibility index (Phi) is 4.55. The van der Waals surface area contributed by atoms with E-state index in [0.717, 1.165) is 16.3 Å². The Labute approximate surface area is 157 Å². The fourth-order valence-electron chi connectivity index (χ4n) is 2.59. The van der Waals surface area contributed by atoms with Gasteiger partial charge in [-0.3, -0.25) is 0 Å². The number of hydrogen-bond donors (Lipinski definition) is 0. The van der Waals surface area contributed by atoms with Crippen LogP contribution in [-0.4, -0.2) is 21.9 Å². The van der Waals surface area contributed by atoms with Crippen molar-refractivity contribution in [3.05, 3.63) is 76.0 Å². The molecule has 0 aliphatic carbocycles. The van der Waals surface area contributed by atoms with Crippen LogP contribution >= 0.6 is 11.3 Å². The number of thiazole rings is 1. The van der Waals surface area contributed by atoms with Crippen LogP contribution in [0.25, 0.3) is 22.0 Å². The van der Waals surface area contributed by atoms with E-state index in [-0.39, 0.29) is 18.3 Å². The SMILES string of the molecule is COc1ccccc1-c1nc(Cn2nc(-c3ccc(F)cc3)oc2=O)cs1. The smallest absolute Gasteiger partial charge is 0.437 e. The molecule has 0 spiro atoms. The first-order valence-electron chi connectivity index (χ1n) is 8.06. The van der Waals surface area contributed by atoms with Gasteiger partial charge in [-0.1, -0.05) is 12.1 Å². The van der Waals surface area contributed by atoms with Gasteiger partial charge in [0.1, 0.15) is 16.6 Å². The molecule has 0 amide bonds. The van der Waals surface area contributed by atoms with Crippen LogP contribution in [-0.2, 0) is 6.54 Å². The number of para-hydroxylation sites is 1. The molecule has 0 fully saturated rings. The fourth-order valence-corrected chi connectivity index (χ4v) is 3.43. The maximum absolute atomic E-state index is 13.0. The lowest BCUT2D eigenvalue weighted by molar-refractivity contribution is 0.416. The van der Waals surface area contributed by atoms with Crippen molar-refractivity contribution in [2.24, 2.45) is 0 Å². The highest BCUT2D eigenvalue weighted by Crippen LogP contribution is 2.32. The number of methoxy groups -OCH3 is 1. The summed E-state index contributed by atoms with van der Waals surface area (Å²) in [6, 6.07) is 13.2. The normalized spacial score (nSPS) is 10.9. The third-order valence-electron chi connectivity index (χ3n) is 3.90. The Bertz CT molecular complexity index is 1130. The molecule has 0 aliphatic rings.